The van der Waals surface area contributed by atoms with Gasteiger partial charge in [-0.3, -0.25) is 18.7 Å². The quantitative estimate of drug-likeness (QED) is 0.349. The number of Topliss-reactive ketones (excluding diaryl/α,β-unsaturated/α-hetero) is 1. The van der Waals surface area contributed by atoms with Crippen LogP contribution >= 0.6 is 19.4 Å². The zero-order valence-electron chi connectivity index (χ0n) is 17.5. The second-order valence-electron chi connectivity index (χ2n) is 7.75. The number of amides is 1. The minimum atomic E-state index is -5.03. The van der Waals surface area contributed by atoms with Crippen molar-refractivity contribution >= 4 is 31.1 Å². The first-order valence-electron chi connectivity index (χ1n) is 9.58. The van der Waals surface area contributed by atoms with E-state index in [1.807, 2.05) is 0 Å². The van der Waals surface area contributed by atoms with E-state index in [1.54, 1.807) is 56.3 Å². The fourth-order valence-corrected chi connectivity index (χ4v) is 3.91. The number of fused-ring (bicyclic) bond motifs is 1. The van der Waals surface area contributed by atoms with Gasteiger partial charge < -0.3 is 24.6 Å². The van der Waals surface area contributed by atoms with E-state index in [1.165, 1.54) is 6.92 Å². The molecule has 0 radical (unpaired) electrons. The standard InChI is InChI=1S/C21H23ClNO8P/c1-12(24)13-8-9-17-15(10-13)18(23-20(25)14-6-4-5-7-16(14)22)19(21(2,3)31-17)29-11-30-32(26,27)28/h4-10,18-19H,11H2,1-3H3,(H,23,25)(H2,26,27,28)/p-1/t18-,19-/m0/s1. The maximum Gasteiger partial charge on any atom is 0.267 e. The van der Waals surface area contributed by atoms with Gasteiger partial charge in [-0.15, -0.1) is 0 Å². The fourth-order valence-electron chi connectivity index (χ4n) is 3.49. The fraction of sp³-hybridized carbons (Fsp3) is 0.333. The number of benzene rings is 2. The van der Waals surface area contributed by atoms with Gasteiger partial charge in [-0.25, -0.2) is 0 Å². The van der Waals surface area contributed by atoms with Gasteiger partial charge in [-0.2, -0.15) is 0 Å². The van der Waals surface area contributed by atoms with Crippen LogP contribution in [0, 0.1) is 0 Å². The lowest BCUT2D eigenvalue weighted by Gasteiger charge is -2.44. The molecule has 0 bridgehead atoms. The first-order valence-corrected chi connectivity index (χ1v) is 11.5. The highest BCUT2D eigenvalue weighted by Gasteiger charge is 2.46. The van der Waals surface area contributed by atoms with Gasteiger partial charge in [0.25, 0.3) is 13.7 Å². The lowest BCUT2D eigenvalue weighted by atomic mass is 9.85. The topological polar surface area (TPSA) is 134 Å². The Morgan fingerprint density at radius 2 is 1.97 bits per heavy atom. The summed E-state index contributed by atoms with van der Waals surface area (Å²) in [5.41, 5.74) is 0.00171. The third kappa shape index (κ3) is 5.56. The third-order valence-corrected chi connectivity index (χ3v) is 5.74. The molecule has 1 unspecified atom stereocenters. The van der Waals surface area contributed by atoms with Gasteiger partial charge in [0.15, 0.2) is 12.6 Å². The van der Waals surface area contributed by atoms with Crippen LogP contribution in [-0.2, 0) is 13.8 Å². The second-order valence-corrected chi connectivity index (χ2v) is 9.35. The third-order valence-electron chi connectivity index (χ3n) is 4.98. The molecule has 3 atom stereocenters. The van der Waals surface area contributed by atoms with Crippen molar-refractivity contribution < 1.29 is 37.9 Å². The van der Waals surface area contributed by atoms with Crippen molar-refractivity contribution in [3.05, 3.63) is 64.2 Å². The van der Waals surface area contributed by atoms with E-state index in [-0.39, 0.29) is 16.4 Å². The van der Waals surface area contributed by atoms with Crippen molar-refractivity contribution in [2.45, 2.75) is 38.5 Å². The highest BCUT2D eigenvalue weighted by Crippen LogP contribution is 2.42. The highest BCUT2D eigenvalue weighted by atomic mass is 35.5. The average molecular weight is 483 g/mol. The van der Waals surface area contributed by atoms with Crippen LogP contribution in [0.4, 0.5) is 0 Å². The maximum atomic E-state index is 13.0. The number of hydrogen-bond acceptors (Lipinski definition) is 7. The molecule has 0 fully saturated rings. The molecule has 0 spiro atoms. The summed E-state index contributed by atoms with van der Waals surface area (Å²) >= 11 is 6.16. The van der Waals surface area contributed by atoms with E-state index in [2.05, 4.69) is 9.84 Å². The second kappa shape index (κ2) is 9.31. The van der Waals surface area contributed by atoms with Gasteiger partial charge in [-0.1, -0.05) is 23.7 Å². The predicted octanol–water partition coefficient (Wildman–Crippen LogP) is 3.00. The molecule has 0 saturated heterocycles. The van der Waals surface area contributed by atoms with Gasteiger partial charge >= 0.3 is 0 Å². The lowest BCUT2D eigenvalue weighted by molar-refractivity contribution is -0.234. The van der Waals surface area contributed by atoms with Crippen LogP contribution in [0.3, 0.4) is 0 Å². The van der Waals surface area contributed by atoms with Crippen LogP contribution in [0.2, 0.25) is 5.02 Å². The van der Waals surface area contributed by atoms with E-state index >= 15 is 0 Å². The van der Waals surface area contributed by atoms with Crippen LogP contribution in [0.5, 0.6) is 5.75 Å². The Morgan fingerprint density at radius 3 is 2.59 bits per heavy atom. The van der Waals surface area contributed by atoms with Crippen LogP contribution in [0.1, 0.15) is 53.1 Å². The monoisotopic (exact) mass is 482 g/mol. The molecule has 0 aliphatic carbocycles. The molecular formula is C21H22ClNO8P-. The predicted molar refractivity (Wildman–Crippen MR) is 113 cm³/mol. The van der Waals surface area contributed by atoms with Gasteiger partial charge in [0.05, 0.1) is 16.6 Å². The molecule has 1 amide bonds. The minimum Gasteiger partial charge on any atom is -0.756 e. The summed E-state index contributed by atoms with van der Waals surface area (Å²) < 4.78 is 26.9. The summed E-state index contributed by atoms with van der Waals surface area (Å²) in [4.78, 5) is 44.8. The van der Waals surface area contributed by atoms with Crippen molar-refractivity contribution in [1.29, 1.82) is 0 Å². The van der Waals surface area contributed by atoms with E-state index in [4.69, 9.17) is 26.0 Å². The molecule has 1 aliphatic rings. The van der Waals surface area contributed by atoms with Gasteiger partial charge in [0, 0.05) is 11.1 Å². The maximum absolute atomic E-state index is 13.0. The van der Waals surface area contributed by atoms with Crippen molar-refractivity contribution in [2.75, 3.05) is 6.79 Å². The average Bonchev–Trinajstić information content (AvgIpc) is 2.68. The molecule has 0 aromatic heterocycles. The van der Waals surface area contributed by atoms with E-state index in [0.717, 1.165) is 0 Å². The Kier molecular flexibility index (Phi) is 7.09. The summed E-state index contributed by atoms with van der Waals surface area (Å²) in [6.45, 7) is 3.96. The number of carbonyl (C=O) groups is 2. The molecule has 2 N–H and O–H groups in total. The summed E-state index contributed by atoms with van der Waals surface area (Å²) in [5.74, 6) is -0.285. The molecule has 2 aromatic rings. The number of phosphoric ester groups is 1. The Morgan fingerprint density at radius 1 is 1.28 bits per heavy atom. The Hall–Kier alpha value is -2.26. The number of ketones is 1. The van der Waals surface area contributed by atoms with Crippen LogP contribution in [0.25, 0.3) is 0 Å². The molecule has 11 heteroatoms. The van der Waals surface area contributed by atoms with E-state index in [9.17, 15) is 19.0 Å². The van der Waals surface area contributed by atoms with Crippen LogP contribution < -0.4 is 14.9 Å². The summed E-state index contributed by atoms with van der Waals surface area (Å²) in [5, 5.41) is 3.09. The first kappa shape index (κ1) is 24.4. The van der Waals surface area contributed by atoms with Crippen LogP contribution in [-0.4, -0.2) is 35.1 Å². The number of nitrogens with one attached hydrogen (secondary N) is 1. The molecule has 1 heterocycles. The van der Waals surface area contributed by atoms with Crippen molar-refractivity contribution in [3.8, 4) is 5.75 Å². The van der Waals surface area contributed by atoms with Gasteiger partial charge in [0.1, 0.15) is 17.5 Å². The zero-order chi connectivity index (χ0) is 23.7. The Labute approximate surface area is 189 Å². The molecule has 2 aromatic carbocycles. The number of phosphoric acid groups is 1. The first-order chi connectivity index (χ1) is 14.9. The normalized spacial score (nSPS) is 21.1. The summed E-state index contributed by atoms with van der Waals surface area (Å²) in [7, 11) is -5.03. The van der Waals surface area contributed by atoms with E-state index < -0.39 is 38.3 Å². The molecule has 172 valence electrons. The number of hydrogen-bond donors (Lipinski definition) is 2. The Bertz CT molecular complexity index is 1080. The van der Waals surface area contributed by atoms with Crippen LogP contribution in [0.15, 0.2) is 42.5 Å². The molecule has 3 rings (SSSR count). The number of carbonyl (C=O) groups excluding carboxylic acids is 2. The molecule has 9 nitrogen and oxygen atoms in total. The van der Waals surface area contributed by atoms with E-state index in [0.29, 0.717) is 16.9 Å². The molecule has 1 aliphatic heterocycles. The smallest absolute Gasteiger partial charge is 0.267 e. The minimum absolute atomic E-state index is 0.192. The highest BCUT2D eigenvalue weighted by molar-refractivity contribution is 7.44. The van der Waals surface area contributed by atoms with Crippen molar-refractivity contribution in [2.24, 2.45) is 0 Å². The van der Waals surface area contributed by atoms with Crippen molar-refractivity contribution in [1.82, 2.24) is 5.32 Å². The number of halogens is 1. The molecular weight excluding hydrogens is 461 g/mol. The van der Waals surface area contributed by atoms with Gasteiger partial charge in [-0.05, 0) is 51.1 Å². The number of rotatable bonds is 7. The van der Waals surface area contributed by atoms with Gasteiger partial charge in [0.2, 0.25) is 0 Å². The SMILES string of the molecule is CC(=O)c1ccc2c(c1)[C@H](NC(=O)c1ccccc1Cl)[C@H](OCOP(=O)([O-])O)C(C)(C)O2. The Balaban J connectivity index is 2.02. The largest absolute Gasteiger partial charge is 0.756 e. The summed E-state index contributed by atoms with van der Waals surface area (Å²) in [6, 6.07) is 10.4. The van der Waals surface area contributed by atoms with Crippen molar-refractivity contribution in [3.63, 3.8) is 0 Å². The number of ether oxygens (including phenoxy) is 2. The molecule has 32 heavy (non-hydrogen) atoms. The molecule has 0 saturated carbocycles. The summed E-state index contributed by atoms with van der Waals surface area (Å²) in [6.07, 6.45) is -0.963. The lowest BCUT2D eigenvalue weighted by Crippen LogP contribution is -2.55. The zero-order valence-corrected chi connectivity index (χ0v) is 19.2.